The van der Waals surface area contributed by atoms with Gasteiger partial charge in [0, 0.05) is 6.42 Å². The van der Waals surface area contributed by atoms with Gasteiger partial charge in [-0.3, -0.25) is 9.59 Å². The summed E-state index contributed by atoms with van der Waals surface area (Å²) < 4.78 is 5.95. The first-order chi connectivity index (χ1) is 33.0. The molecule has 3 N–H and O–H groups in total. The Morgan fingerprint density at radius 3 is 1.25 bits per heavy atom. The third-order valence-corrected chi connectivity index (χ3v) is 12.9. The highest BCUT2D eigenvalue weighted by Crippen LogP contribution is 2.18. The minimum absolute atomic E-state index is 0.0623. The van der Waals surface area contributed by atoms with Crippen LogP contribution in [-0.4, -0.2) is 46.9 Å². The van der Waals surface area contributed by atoms with Gasteiger partial charge in [0.25, 0.3) is 0 Å². The minimum atomic E-state index is -0.797. The fraction of sp³-hybridized carbons (Fsp3) is 0.770. The lowest BCUT2D eigenvalue weighted by Crippen LogP contribution is -2.46. The fourth-order valence-electron chi connectivity index (χ4n) is 8.52. The van der Waals surface area contributed by atoms with E-state index in [1.54, 1.807) is 0 Å². The third-order valence-electron chi connectivity index (χ3n) is 12.9. The summed E-state index contributed by atoms with van der Waals surface area (Å²) in [5.74, 6) is -0.501. The first-order valence-electron chi connectivity index (χ1n) is 28.7. The number of esters is 1. The molecule has 0 aromatic carbocycles. The third kappa shape index (κ3) is 49.5. The molecule has 6 nitrogen and oxygen atoms in total. The molecule has 6 heteroatoms. The van der Waals surface area contributed by atoms with E-state index in [1.165, 1.54) is 148 Å². The van der Waals surface area contributed by atoms with E-state index >= 15 is 0 Å². The zero-order valence-corrected chi connectivity index (χ0v) is 44.3. The number of hydrogen-bond acceptors (Lipinski definition) is 5. The number of ether oxygens (including phenoxy) is 1. The molecular formula is C61H109NO5. The summed E-state index contributed by atoms with van der Waals surface area (Å²) in [4.78, 5) is 26.3. The normalized spacial score (nSPS) is 13.7. The van der Waals surface area contributed by atoms with Crippen molar-refractivity contribution in [1.82, 2.24) is 5.32 Å². The monoisotopic (exact) mass is 936 g/mol. The van der Waals surface area contributed by atoms with E-state index in [4.69, 9.17) is 4.74 Å². The van der Waals surface area contributed by atoms with Gasteiger partial charge in [-0.2, -0.15) is 0 Å². The number of amides is 1. The predicted molar refractivity (Wildman–Crippen MR) is 291 cm³/mol. The van der Waals surface area contributed by atoms with Crippen LogP contribution in [0.4, 0.5) is 0 Å². The predicted octanol–water partition coefficient (Wildman–Crippen LogP) is 17.7. The lowest BCUT2D eigenvalue weighted by atomic mass is 10.0. The van der Waals surface area contributed by atoms with Crippen LogP contribution in [0.15, 0.2) is 72.9 Å². The number of unbranched alkanes of at least 4 members (excludes halogenated alkanes) is 31. The fourth-order valence-corrected chi connectivity index (χ4v) is 8.52. The average molecular weight is 937 g/mol. The summed E-state index contributed by atoms with van der Waals surface area (Å²) in [7, 11) is 0. The molecule has 0 aliphatic carbocycles. The average Bonchev–Trinajstić information content (AvgIpc) is 3.32. The molecule has 0 saturated heterocycles. The highest BCUT2D eigenvalue weighted by molar-refractivity contribution is 5.77. The molecule has 0 heterocycles. The lowest BCUT2D eigenvalue weighted by molar-refractivity contribution is -0.151. The van der Waals surface area contributed by atoms with Gasteiger partial charge in [0.15, 0.2) is 0 Å². The maximum Gasteiger partial charge on any atom is 0.306 e. The number of hydrogen-bond donors (Lipinski definition) is 3. The molecule has 0 aliphatic heterocycles. The van der Waals surface area contributed by atoms with Gasteiger partial charge in [-0.15, -0.1) is 0 Å². The summed E-state index contributed by atoms with van der Waals surface area (Å²) in [5, 5.41) is 23.9. The Morgan fingerprint density at radius 2 is 0.806 bits per heavy atom. The SMILES string of the molecule is CCC/C=C/C=C/C=C/C=C/C=C/CCCCCCCC(=O)OC(CCCCCCCCC/C=C/CCCCCCCC)CC(=O)NC(CO)C(O)CCCCCCCCCCCCCCC. The van der Waals surface area contributed by atoms with E-state index in [9.17, 15) is 19.8 Å². The molecule has 0 aromatic rings. The number of carbonyl (C=O) groups excluding carboxylic acids is 2. The van der Waals surface area contributed by atoms with Gasteiger partial charge in [-0.05, 0) is 70.6 Å². The minimum Gasteiger partial charge on any atom is -0.462 e. The van der Waals surface area contributed by atoms with Gasteiger partial charge in [-0.25, -0.2) is 0 Å². The van der Waals surface area contributed by atoms with Gasteiger partial charge in [-0.1, -0.05) is 267 Å². The number of aliphatic hydroxyl groups is 2. The van der Waals surface area contributed by atoms with Crippen LogP contribution >= 0.6 is 0 Å². The van der Waals surface area contributed by atoms with Crippen LogP contribution in [0, 0.1) is 0 Å². The number of rotatable bonds is 51. The quantitative estimate of drug-likeness (QED) is 0.0244. The van der Waals surface area contributed by atoms with E-state index in [1.807, 2.05) is 24.3 Å². The molecule has 388 valence electrons. The second kappa shape index (κ2) is 54.2. The molecule has 0 bridgehead atoms. The van der Waals surface area contributed by atoms with E-state index in [2.05, 4.69) is 74.7 Å². The van der Waals surface area contributed by atoms with Crippen molar-refractivity contribution in [2.45, 2.75) is 296 Å². The molecule has 0 rings (SSSR count). The zero-order valence-electron chi connectivity index (χ0n) is 44.3. The van der Waals surface area contributed by atoms with E-state index in [-0.39, 0.29) is 24.9 Å². The molecule has 0 saturated carbocycles. The van der Waals surface area contributed by atoms with Gasteiger partial charge in [0.1, 0.15) is 6.10 Å². The Hall–Kier alpha value is -2.70. The molecule has 0 aromatic heterocycles. The van der Waals surface area contributed by atoms with E-state index in [0.717, 1.165) is 83.5 Å². The molecule has 1 amide bonds. The molecule has 0 aliphatic rings. The van der Waals surface area contributed by atoms with Crippen LogP contribution in [0.5, 0.6) is 0 Å². The molecule has 3 atom stereocenters. The molecule has 0 radical (unpaired) electrons. The molecule has 0 spiro atoms. The first kappa shape index (κ1) is 64.3. The largest absolute Gasteiger partial charge is 0.462 e. The number of nitrogens with one attached hydrogen (secondary N) is 1. The van der Waals surface area contributed by atoms with Crippen molar-refractivity contribution in [3.63, 3.8) is 0 Å². The Bertz CT molecular complexity index is 1230. The van der Waals surface area contributed by atoms with Crippen molar-refractivity contribution >= 4 is 11.9 Å². The lowest BCUT2D eigenvalue weighted by Gasteiger charge is -2.24. The Kier molecular flexibility index (Phi) is 52.1. The van der Waals surface area contributed by atoms with Gasteiger partial charge in [0.2, 0.25) is 5.91 Å². The second-order valence-corrected chi connectivity index (χ2v) is 19.5. The van der Waals surface area contributed by atoms with Crippen molar-refractivity contribution in [1.29, 1.82) is 0 Å². The summed E-state index contributed by atoms with van der Waals surface area (Å²) in [5.41, 5.74) is 0. The summed E-state index contributed by atoms with van der Waals surface area (Å²) in [6, 6.07) is -0.712. The highest BCUT2D eigenvalue weighted by Gasteiger charge is 2.24. The first-order valence-corrected chi connectivity index (χ1v) is 28.7. The summed E-state index contributed by atoms with van der Waals surface area (Å²) in [6.07, 6.45) is 69.5. The van der Waals surface area contributed by atoms with Gasteiger partial charge in [0.05, 0.1) is 25.2 Å². The van der Waals surface area contributed by atoms with Crippen LogP contribution in [-0.2, 0) is 14.3 Å². The molecule has 0 fully saturated rings. The zero-order chi connectivity index (χ0) is 48.8. The van der Waals surface area contributed by atoms with E-state index < -0.39 is 18.2 Å². The van der Waals surface area contributed by atoms with Crippen molar-refractivity contribution in [3.05, 3.63) is 72.9 Å². The maximum atomic E-state index is 13.3. The summed E-state index contributed by atoms with van der Waals surface area (Å²) in [6.45, 7) is 6.40. The smallest absolute Gasteiger partial charge is 0.306 e. The van der Waals surface area contributed by atoms with Crippen molar-refractivity contribution < 1.29 is 24.5 Å². The molecule has 3 unspecified atom stereocenters. The van der Waals surface area contributed by atoms with Crippen LogP contribution in [0.2, 0.25) is 0 Å². The van der Waals surface area contributed by atoms with Crippen molar-refractivity contribution in [2.24, 2.45) is 0 Å². The maximum absolute atomic E-state index is 13.3. The van der Waals surface area contributed by atoms with Crippen LogP contribution < -0.4 is 5.32 Å². The Morgan fingerprint density at radius 1 is 0.433 bits per heavy atom. The van der Waals surface area contributed by atoms with Crippen LogP contribution in [0.1, 0.15) is 278 Å². The van der Waals surface area contributed by atoms with Crippen LogP contribution in [0.3, 0.4) is 0 Å². The molecular weight excluding hydrogens is 827 g/mol. The summed E-state index contributed by atoms with van der Waals surface area (Å²) >= 11 is 0. The second-order valence-electron chi connectivity index (χ2n) is 19.5. The van der Waals surface area contributed by atoms with Gasteiger partial charge >= 0.3 is 5.97 Å². The Balaban J connectivity index is 4.64. The number of carbonyl (C=O) groups is 2. The molecule has 67 heavy (non-hydrogen) atoms. The van der Waals surface area contributed by atoms with Crippen molar-refractivity contribution in [3.8, 4) is 0 Å². The van der Waals surface area contributed by atoms with Crippen LogP contribution in [0.25, 0.3) is 0 Å². The standard InChI is InChI=1S/C61H109NO5/c1-4-7-10-13-16-19-22-25-27-29-31-33-36-39-42-45-48-51-54-61(66)67-57(52-49-46-43-40-37-35-32-30-28-26-23-20-17-14-11-8-5-2)55-60(65)62-58(56-63)59(64)53-50-47-44-41-38-34-24-21-18-15-12-9-6-3/h10,13,16,19,22,25-29,31,33,57-59,63-64H,4-9,11-12,14-15,17-18,20-21,23-24,30,32,34-56H2,1-3H3,(H,62,65)/b13-10+,19-16+,25-22+,28-26+,29-27+,33-31+. The topological polar surface area (TPSA) is 95.9 Å². The van der Waals surface area contributed by atoms with Crippen molar-refractivity contribution in [2.75, 3.05) is 6.61 Å². The van der Waals surface area contributed by atoms with Gasteiger partial charge < -0.3 is 20.3 Å². The Labute approximate surface area is 415 Å². The number of allylic oxidation sites excluding steroid dienone is 12. The number of aliphatic hydroxyl groups excluding tert-OH is 2. The highest BCUT2D eigenvalue weighted by atomic mass is 16.5. The van der Waals surface area contributed by atoms with E-state index in [0.29, 0.717) is 19.3 Å².